The summed E-state index contributed by atoms with van der Waals surface area (Å²) >= 11 is 0. The number of carbonyl (C=O) groups is 1. The molecule has 0 aliphatic carbocycles. The normalized spacial score (nSPS) is 20.5. The van der Waals surface area contributed by atoms with Crippen molar-refractivity contribution in [1.82, 2.24) is 10.2 Å². The van der Waals surface area contributed by atoms with Crippen LogP contribution < -0.4 is 5.32 Å². The molecule has 1 amide bonds. The Morgan fingerprint density at radius 3 is 2.76 bits per heavy atom. The molecule has 0 saturated carbocycles. The van der Waals surface area contributed by atoms with Crippen molar-refractivity contribution in [2.45, 2.75) is 33.1 Å². The van der Waals surface area contributed by atoms with E-state index in [9.17, 15) is 4.79 Å². The molecule has 17 heavy (non-hydrogen) atoms. The van der Waals surface area contributed by atoms with Gasteiger partial charge in [-0.2, -0.15) is 0 Å². The van der Waals surface area contributed by atoms with Crippen molar-refractivity contribution in [3.63, 3.8) is 0 Å². The number of nitrogens with zero attached hydrogens (tertiary/aromatic N) is 1. The summed E-state index contributed by atoms with van der Waals surface area (Å²) < 4.78 is 5.39. The Bertz CT molecular complexity index is 211. The standard InChI is InChI=1S/C13H26N2O2/c1-3-15(4-2)8-7-13(16)14-10-12-6-5-9-17-11-12/h12H,3-11H2,1-2H3,(H,14,16)/t12-/m1/s1. The van der Waals surface area contributed by atoms with Gasteiger partial charge in [-0.05, 0) is 31.8 Å². The second kappa shape index (κ2) is 8.48. The van der Waals surface area contributed by atoms with Gasteiger partial charge in [-0.3, -0.25) is 4.79 Å². The predicted octanol–water partition coefficient (Wildman–Crippen LogP) is 1.26. The van der Waals surface area contributed by atoms with Gasteiger partial charge in [0.15, 0.2) is 0 Å². The van der Waals surface area contributed by atoms with Gasteiger partial charge in [0.05, 0.1) is 6.61 Å². The SMILES string of the molecule is CCN(CC)CCC(=O)NC[C@H]1CCCOC1. The molecular weight excluding hydrogens is 216 g/mol. The van der Waals surface area contributed by atoms with Gasteiger partial charge in [-0.15, -0.1) is 0 Å². The summed E-state index contributed by atoms with van der Waals surface area (Å²) in [6.45, 7) is 9.60. The van der Waals surface area contributed by atoms with E-state index in [2.05, 4.69) is 24.1 Å². The molecule has 1 heterocycles. The Morgan fingerprint density at radius 1 is 1.41 bits per heavy atom. The van der Waals surface area contributed by atoms with Crippen molar-refractivity contribution in [3.8, 4) is 0 Å². The molecule has 0 aromatic rings. The first-order valence-electron chi connectivity index (χ1n) is 6.83. The van der Waals surface area contributed by atoms with E-state index in [-0.39, 0.29) is 5.91 Å². The van der Waals surface area contributed by atoms with Gasteiger partial charge in [0.25, 0.3) is 0 Å². The molecule has 0 aromatic carbocycles. The average molecular weight is 242 g/mol. The average Bonchev–Trinajstić information content (AvgIpc) is 2.39. The number of rotatable bonds is 7. The summed E-state index contributed by atoms with van der Waals surface area (Å²) in [5.41, 5.74) is 0. The minimum Gasteiger partial charge on any atom is -0.381 e. The Kier molecular flexibility index (Phi) is 7.21. The number of amides is 1. The third kappa shape index (κ3) is 6.03. The molecular formula is C13H26N2O2. The molecule has 1 N–H and O–H groups in total. The molecule has 100 valence electrons. The highest BCUT2D eigenvalue weighted by Crippen LogP contribution is 2.12. The molecule has 1 aliphatic heterocycles. The molecule has 0 bridgehead atoms. The van der Waals surface area contributed by atoms with Crippen LogP contribution in [-0.4, -0.2) is 50.2 Å². The van der Waals surface area contributed by atoms with Crippen molar-refractivity contribution >= 4 is 5.91 Å². The highest BCUT2D eigenvalue weighted by atomic mass is 16.5. The number of ether oxygens (including phenoxy) is 1. The fourth-order valence-corrected chi connectivity index (χ4v) is 2.11. The number of nitrogens with one attached hydrogen (secondary N) is 1. The lowest BCUT2D eigenvalue weighted by Gasteiger charge is -2.22. The van der Waals surface area contributed by atoms with Crippen LogP contribution in [0.15, 0.2) is 0 Å². The van der Waals surface area contributed by atoms with Crippen LogP contribution in [0.5, 0.6) is 0 Å². The summed E-state index contributed by atoms with van der Waals surface area (Å²) in [6.07, 6.45) is 2.91. The summed E-state index contributed by atoms with van der Waals surface area (Å²) in [4.78, 5) is 13.9. The van der Waals surface area contributed by atoms with E-state index in [4.69, 9.17) is 4.74 Å². The minimum atomic E-state index is 0.169. The summed E-state index contributed by atoms with van der Waals surface area (Å²) in [6, 6.07) is 0. The molecule has 4 nitrogen and oxygen atoms in total. The van der Waals surface area contributed by atoms with Crippen LogP contribution in [0.25, 0.3) is 0 Å². The molecule has 1 rings (SSSR count). The van der Waals surface area contributed by atoms with Crippen LogP contribution in [0, 0.1) is 5.92 Å². The molecule has 1 atom stereocenters. The van der Waals surface area contributed by atoms with Crippen molar-refractivity contribution in [3.05, 3.63) is 0 Å². The fraction of sp³-hybridized carbons (Fsp3) is 0.923. The quantitative estimate of drug-likeness (QED) is 0.731. The molecule has 1 aliphatic rings. The molecule has 0 spiro atoms. The van der Waals surface area contributed by atoms with Gasteiger partial charge in [-0.1, -0.05) is 13.8 Å². The highest BCUT2D eigenvalue weighted by Gasteiger charge is 2.14. The highest BCUT2D eigenvalue weighted by molar-refractivity contribution is 5.76. The Morgan fingerprint density at radius 2 is 2.18 bits per heavy atom. The van der Waals surface area contributed by atoms with E-state index in [1.165, 1.54) is 6.42 Å². The van der Waals surface area contributed by atoms with Crippen molar-refractivity contribution in [2.24, 2.45) is 5.92 Å². The largest absolute Gasteiger partial charge is 0.381 e. The van der Waals surface area contributed by atoms with E-state index >= 15 is 0 Å². The second-order valence-corrected chi connectivity index (χ2v) is 4.66. The molecule has 0 unspecified atom stereocenters. The lowest BCUT2D eigenvalue weighted by Crippen LogP contribution is -2.35. The first-order valence-corrected chi connectivity index (χ1v) is 6.83. The lowest BCUT2D eigenvalue weighted by atomic mass is 10.0. The zero-order chi connectivity index (χ0) is 12.5. The van der Waals surface area contributed by atoms with Crippen LogP contribution in [0.3, 0.4) is 0 Å². The maximum atomic E-state index is 11.6. The Labute approximate surface area is 105 Å². The minimum absolute atomic E-state index is 0.169. The summed E-state index contributed by atoms with van der Waals surface area (Å²) in [7, 11) is 0. The van der Waals surface area contributed by atoms with Crippen molar-refractivity contribution in [1.29, 1.82) is 0 Å². The van der Waals surface area contributed by atoms with E-state index < -0.39 is 0 Å². The molecule has 1 saturated heterocycles. The van der Waals surface area contributed by atoms with E-state index in [0.29, 0.717) is 12.3 Å². The van der Waals surface area contributed by atoms with Gasteiger partial charge < -0.3 is 15.0 Å². The Hall–Kier alpha value is -0.610. The number of hydrogen-bond acceptors (Lipinski definition) is 3. The summed E-state index contributed by atoms with van der Waals surface area (Å²) in [5, 5.41) is 3.01. The third-order valence-electron chi connectivity index (χ3n) is 3.39. The lowest BCUT2D eigenvalue weighted by molar-refractivity contribution is -0.121. The zero-order valence-corrected chi connectivity index (χ0v) is 11.2. The summed E-state index contributed by atoms with van der Waals surface area (Å²) in [5.74, 6) is 0.684. The Balaban J connectivity index is 2.07. The molecule has 1 fully saturated rings. The smallest absolute Gasteiger partial charge is 0.221 e. The monoisotopic (exact) mass is 242 g/mol. The van der Waals surface area contributed by atoms with Crippen LogP contribution in [0.2, 0.25) is 0 Å². The van der Waals surface area contributed by atoms with E-state index in [1.807, 2.05) is 0 Å². The topological polar surface area (TPSA) is 41.6 Å². The van der Waals surface area contributed by atoms with E-state index in [1.54, 1.807) is 0 Å². The van der Waals surface area contributed by atoms with Gasteiger partial charge >= 0.3 is 0 Å². The fourth-order valence-electron chi connectivity index (χ4n) is 2.11. The predicted molar refractivity (Wildman–Crippen MR) is 69.0 cm³/mol. The first kappa shape index (κ1) is 14.5. The van der Waals surface area contributed by atoms with Gasteiger partial charge in [0.2, 0.25) is 5.91 Å². The van der Waals surface area contributed by atoms with Crippen molar-refractivity contribution in [2.75, 3.05) is 39.4 Å². The van der Waals surface area contributed by atoms with Crippen LogP contribution in [0.1, 0.15) is 33.1 Å². The first-order chi connectivity index (χ1) is 8.26. The maximum Gasteiger partial charge on any atom is 0.221 e. The van der Waals surface area contributed by atoms with Crippen LogP contribution in [0.4, 0.5) is 0 Å². The molecule has 0 aromatic heterocycles. The van der Waals surface area contributed by atoms with Crippen molar-refractivity contribution < 1.29 is 9.53 Å². The maximum absolute atomic E-state index is 11.6. The van der Waals surface area contributed by atoms with Gasteiger partial charge in [-0.25, -0.2) is 0 Å². The van der Waals surface area contributed by atoms with E-state index in [0.717, 1.165) is 45.8 Å². The van der Waals surface area contributed by atoms with Gasteiger partial charge in [0, 0.05) is 26.1 Å². The van der Waals surface area contributed by atoms with Gasteiger partial charge in [0.1, 0.15) is 0 Å². The number of hydrogen-bond donors (Lipinski definition) is 1. The number of carbonyl (C=O) groups excluding carboxylic acids is 1. The van der Waals surface area contributed by atoms with Crippen LogP contribution >= 0.6 is 0 Å². The second-order valence-electron chi connectivity index (χ2n) is 4.66. The molecule has 0 radical (unpaired) electrons. The molecule has 4 heteroatoms. The van der Waals surface area contributed by atoms with Crippen LogP contribution in [-0.2, 0) is 9.53 Å². The third-order valence-corrected chi connectivity index (χ3v) is 3.39. The zero-order valence-electron chi connectivity index (χ0n) is 11.2.